The van der Waals surface area contributed by atoms with Crippen molar-refractivity contribution in [1.29, 1.82) is 0 Å². The normalized spacial score (nSPS) is 30.4. The molecule has 1 aromatic rings. The lowest BCUT2D eigenvalue weighted by atomic mass is 10.3. The molecule has 66 valence electrons. The molecule has 2 unspecified atom stereocenters. The molecule has 6 heteroatoms. The lowest BCUT2D eigenvalue weighted by Gasteiger charge is -2.25. The zero-order valence-electron chi connectivity index (χ0n) is 6.14. The molecule has 0 N–H and O–H groups in total. The van der Waals surface area contributed by atoms with Crippen LogP contribution in [0.2, 0.25) is 0 Å². The quantitative estimate of drug-likeness (QED) is 0.680. The minimum atomic E-state index is -0.0795. The highest BCUT2D eigenvalue weighted by atomic mass is 35.5. The van der Waals surface area contributed by atoms with Crippen molar-refractivity contribution in [3.63, 3.8) is 0 Å². The van der Waals surface area contributed by atoms with Crippen LogP contribution in [0.25, 0.3) is 0 Å². The molecule has 0 radical (unpaired) electrons. The summed E-state index contributed by atoms with van der Waals surface area (Å²) in [5, 5.41) is 0. The summed E-state index contributed by atoms with van der Waals surface area (Å²) in [6.45, 7) is 0.746. The Hall–Kier alpha value is 0.160. The van der Waals surface area contributed by atoms with E-state index < -0.39 is 0 Å². The minimum absolute atomic E-state index is 0.0253. The maximum absolute atomic E-state index is 6.05. The fourth-order valence-corrected chi connectivity index (χ4v) is 2.74. The standard InChI is InChI=1S/C6H7ClN2OS2/c7-6-5(10-1-2-11-6)4-3-8-12-9-4/h3,5-6H,1-2H2. The first-order valence-corrected chi connectivity index (χ1v) is 5.74. The highest BCUT2D eigenvalue weighted by Crippen LogP contribution is 2.35. The molecule has 1 saturated heterocycles. The molecule has 1 aromatic heterocycles. The molecule has 12 heavy (non-hydrogen) atoms. The van der Waals surface area contributed by atoms with Crippen molar-refractivity contribution in [2.75, 3.05) is 12.4 Å². The van der Waals surface area contributed by atoms with Gasteiger partial charge in [0.05, 0.1) is 24.5 Å². The summed E-state index contributed by atoms with van der Waals surface area (Å²) in [6.07, 6.45) is 1.64. The second-order valence-corrected chi connectivity index (χ2v) is 4.88. The summed E-state index contributed by atoms with van der Waals surface area (Å²) >= 11 is 8.94. The van der Waals surface area contributed by atoms with E-state index >= 15 is 0 Å². The first kappa shape index (κ1) is 8.74. The summed E-state index contributed by atoms with van der Waals surface area (Å²) in [6, 6.07) is 0. The molecule has 2 heterocycles. The van der Waals surface area contributed by atoms with E-state index in [0.29, 0.717) is 0 Å². The van der Waals surface area contributed by atoms with E-state index in [4.69, 9.17) is 16.3 Å². The van der Waals surface area contributed by atoms with E-state index in [2.05, 4.69) is 8.75 Å². The lowest BCUT2D eigenvalue weighted by molar-refractivity contribution is 0.0663. The zero-order chi connectivity index (χ0) is 8.39. The van der Waals surface area contributed by atoms with Crippen molar-refractivity contribution in [2.45, 2.75) is 10.8 Å². The van der Waals surface area contributed by atoms with E-state index in [-0.39, 0.29) is 10.8 Å². The Kier molecular flexibility index (Phi) is 2.85. The van der Waals surface area contributed by atoms with Gasteiger partial charge in [-0.2, -0.15) is 8.75 Å². The van der Waals surface area contributed by atoms with E-state index in [0.717, 1.165) is 18.1 Å². The van der Waals surface area contributed by atoms with Crippen LogP contribution in [0.4, 0.5) is 0 Å². The van der Waals surface area contributed by atoms with Crippen molar-refractivity contribution < 1.29 is 4.74 Å². The fraction of sp³-hybridized carbons (Fsp3) is 0.667. The third-order valence-electron chi connectivity index (χ3n) is 1.57. The summed E-state index contributed by atoms with van der Waals surface area (Å²) in [5.41, 5.74) is 0.854. The lowest BCUT2D eigenvalue weighted by Crippen LogP contribution is -2.21. The number of halogens is 1. The Balaban J connectivity index is 2.11. The second kappa shape index (κ2) is 3.91. The molecule has 3 nitrogen and oxygen atoms in total. The number of alkyl halides is 1. The van der Waals surface area contributed by atoms with Crippen molar-refractivity contribution in [3.05, 3.63) is 11.9 Å². The van der Waals surface area contributed by atoms with Crippen LogP contribution >= 0.6 is 35.1 Å². The van der Waals surface area contributed by atoms with Crippen LogP contribution in [0.5, 0.6) is 0 Å². The molecule has 0 aliphatic carbocycles. The van der Waals surface area contributed by atoms with Crippen LogP contribution in [0.1, 0.15) is 11.8 Å². The third-order valence-corrected chi connectivity index (χ3v) is 3.63. The van der Waals surface area contributed by atoms with Gasteiger partial charge < -0.3 is 4.74 Å². The van der Waals surface area contributed by atoms with Gasteiger partial charge in [-0.15, -0.1) is 23.4 Å². The average molecular weight is 223 g/mol. The van der Waals surface area contributed by atoms with Gasteiger partial charge >= 0.3 is 0 Å². The van der Waals surface area contributed by atoms with Crippen LogP contribution in [0.3, 0.4) is 0 Å². The number of aromatic nitrogens is 2. The molecule has 0 aromatic carbocycles. The Bertz CT molecular complexity index is 244. The number of hydrogen-bond donors (Lipinski definition) is 0. The van der Waals surface area contributed by atoms with E-state index in [1.54, 1.807) is 18.0 Å². The number of ether oxygens (including phenoxy) is 1. The van der Waals surface area contributed by atoms with Gasteiger partial charge in [0, 0.05) is 5.75 Å². The van der Waals surface area contributed by atoms with Crippen molar-refractivity contribution in [3.8, 4) is 0 Å². The van der Waals surface area contributed by atoms with Gasteiger partial charge in [-0.25, -0.2) is 0 Å². The molecule has 1 fully saturated rings. The van der Waals surface area contributed by atoms with Crippen LogP contribution in [-0.2, 0) is 4.74 Å². The molecular formula is C6H7ClN2OS2. The zero-order valence-corrected chi connectivity index (χ0v) is 8.53. The predicted octanol–water partition coefficient (Wildman–Crippen LogP) is 1.91. The SMILES string of the molecule is ClC1SCCOC1c1cnsn1. The van der Waals surface area contributed by atoms with E-state index in [1.165, 1.54) is 11.7 Å². The molecular weight excluding hydrogens is 216 g/mol. The Morgan fingerprint density at radius 2 is 2.58 bits per heavy atom. The molecule has 0 spiro atoms. The molecule has 0 bridgehead atoms. The highest BCUT2D eigenvalue weighted by Gasteiger charge is 2.27. The first-order chi connectivity index (χ1) is 5.88. The van der Waals surface area contributed by atoms with Crippen LogP contribution in [0, 0.1) is 0 Å². The molecule has 0 amide bonds. The average Bonchev–Trinajstić information content (AvgIpc) is 2.57. The van der Waals surface area contributed by atoms with Crippen LogP contribution < -0.4 is 0 Å². The van der Waals surface area contributed by atoms with Crippen molar-refractivity contribution >= 4 is 35.1 Å². The Labute approximate surface area is 83.8 Å². The monoisotopic (exact) mass is 222 g/mol. The number of thioether (sulfide) groups is 1. The van der Waals surface area contributed by atoms with Gasteiger partial charge in [-0.1, -0.05) is 0 Å². The molecule has 0 saturated carbocycles. The van der Waals surface area contributed by atoms with Crippen molar-refractivity contribution in [2.24, 2.45) is 0 Å². The third kappa shape index (κ3) is 1.74. The summed E-state index contributed by atoms with van der Waals surface area (Å²) in [4.78, 5) is 0. The number of hydrogen-bond acceptors (Lipinski definition) is 5. The number of nitrogens with zero attached hydrogens (tertiary/aromatic N) is 2. The Morgan fingerprint density at radius 1 is 1.67 bits per heavy atom. The first-order valence-electron chi connectivity index (χ1n) is 3.52. The highest BCUT2D eigenvalue weighted by molar-refractivity contribution is 8.01. The van der Waals surface area contributed by atoms with Gasteiger partial charge in [0.1, 0.15) is 16.5 Å². The van der Waals surface area contributed by atoms with Gasteiger partial charge in [0.15, 0.2) is 0 Å². The largest absolute Gasteiger partial charge is 0.368 e. The topological polar surface area (TPSA) is 35.0 Å². The fourth-order valence-electron chi connectivity index (χ4n) is 1.02. The second-order valence-electron chi connectivity index (χ2n) is 2.35. The minimum Gasteiger partial charge on any atom is -0.368 e. The van der Waals surface area contributed by atoms with Gasteiger partial charge in [0.25, 0.3) is 0 Å². The molecule has 2 rings (SSSR count). The summed E-state index contributed by atoms with van der Waals surface area (Å²) < 4.78 is 13.5. The van der Waals surface area contributed by atoms with Gasteiger partial charge in [-0.05, 0) is 0 Å². The van der Waals surface area contributed by atoms with Crippen LogP contribution in [0.15, 0.2) is 6.20 Å². The maximum atomic E-state index is 6.05. The summed E-state index contributed by atoms with van der Waals surface area (Å²) in [5.74, 6) is 0.961. The van der Waals surface area contributed by atoms with Gasteiger partial charge in [-0.3, -0.25) is 0 Å². The predicted molar refractivity (Wildman–Crippen MR) is 50.7 cm³/mol. The maximum Gasteiger partial charge on any atom is 0.128 e. The molecule has 2 atom stereocenters. The van der Waals surface area contributed by atoms with Crippen LogP contribution in [-0.4, -0.2) is 25.8 Å². The van der Waals surface area contributed by atoms with Gasteiger partial charge in [0.2, 0.25) is 0 Å². The summed E-state index contributed by atoms with van der Waals surface area (Å²) in [7, 11) is 0. The van der Waals surface area contributed by atoms with E-state index in [1.807, 2.05) is 0 Å². The molecule has 1 aliphatic heterocycles. The Morgan fingerprint density at radius 3 is 3.25 bits per heavy atom. The molecule has 1 aliphatic rings. The van der Waals surface area contributed by atoms with E-state index in [9.17, 15) is 0 Å². The number of rotatable bonds is 1. The van der Waals surface area contributed by atoms with Crippen molar-refractivity contribution in [1.82, 2.24) is 8.75 Å². The smallest absolute Gasteiger partial charge is 0.128 e.